The summed E-state index contributed by atoms with van der Waals surface area (Å²) in [4.78, 5) is 0. The van der Waals surface area contributed by atoms with Gasteiger partial charge in [0.1, 0.15) is 0 Å². The van der Waals surface area contributed by atoms with E-state index in [0.29, 0.717) is 24.7 Å². The Morgan fingerprint density at radius 3 is 2.28 bits per heavy atom. The Morgan fingerprint density at radius 1 is 1.28 bits per heavy atom. The molecule has 0 spiro atoms. The van der Waals surface area contributed by atoms with Crippen LogP contribution in [0.1, 0.15) is 26.7 Å². The lowest BCUT2D eigenvalue weighted by Gasteiger charge is -2.31. The molecule has 0 saturated carbocycles. The number of hydrogen-bond donors (Lipinski definition) is 1. The zero-order chi connectivity index (χ0) is 13.8. The topological polar surface area (TPSA) is 49.4 Å². The Kier molecular flexibility index (Phi) is 5.94. The number of nitrogens with one attached hydrogen (secondary N) is 1. The minimum absolute atomic E-state index is 0.209. The molecule has 108 valence electrons. The minimum atomic E-state index is -4.38. The van der Waals surface area contributed by atoms with E-state index in [2.05, 4.69) is 19.2 Å². The maximum absolute atomic E-state index is 12.3. The van der Waals surface area contributed by atoms with Crippen molar-refractivity contribution in [3.8, 4) is 0 Å². The van der Waals surface area contributed by atoms with Crippen molar-refractivity contribution >= 4 is 10.0 Å². The summed E-state index contributed by atoms with van der Waals surface area (Å²) < 4.78 is 48.1. The maximum atomic E-state index is 12.3. The van der Waals surface area contributed by atoms with Gasteiger partial charge in [0.2, 0.25) is 0 Å². The van der Waals surface area contributed by atoms with Crippen LogP contribution in [0.2, 0.25) is 0 Å². The minimum Gasteiger partial charge on any atom is -0.316 e. The van der Waals surface area contributed by atoms with Crippen molar-refractivity contribution in [3.63, 3.8) is 0 Å². The van der Waals surface area contributed by atoms with E-state index >= 15 is 0 Å². The summed E-state index contributed by atoms with van der Waals surface area (Å²) in [5, 5.41) is 3.31. The van der Waals surface area contributed by atoms with E-state index in [-0.39, 0.29) is 13.1 Å². The fraction of sp³-hybridized carbons (Fsp3) is 1.00. The average molecular weight is 284 g/mol. The van der Waals surface area contributed by atoms with E-state index in [1.54, 1.807) is 0 Å². The largest absolute Gasteiger partial charge is 0.350 e. The Bertz CT molecular complexity index is 339. The van der Waals surface area contributed by atoms with Gasteiger partial charge in [-0.1, -0.05) is 13.8 Å². The number of piperidine rings is 1. The predicted octanol–water partition coefficient (Wildman–Crippen LogP) is 1.50. The number of alkyl halides is 2. The number of sulfonamides is 1. The number of hydrogen-bond acceptors (Lipinski definition) is 3. The van der Waals surface area contributed by atoms with Gasteiger partial charge in [-0.25, -0.2) is 8.42 Å². The first-order valence-corrected chi connectivity index (χ1v) is 7.82. The van der Waals surface area contributed by atoms with Crippen molar-refractivity contribution in [2.45, 2.75) is 32.4 Å². The molecular formula is C11H22F2N2O2S. The van der Waals surface area contributed by atoms with E-state index in [0.717, 1.165) is 17.4 Å². The molecule has 1 heterocycles. The summed E-state index contributed by atoms with van der Waals surface area (Å²) in [6.45, 7) is 6.41. The standard InChI is InChI=1S/C11H22F2N2O2S/c1-9(2)7-14-8-10-3-5-15(6-4-10)18(16,17)11(12)13/h9-11,14H,3-8H2,1-2H3. The van der Waals surface area contributed by atoms with Gasteiger partial charge in [-0.05, 0) is 37.8 Å². The first-order chi connectivity index (χ1) is 8.34. The van der Waals surface area contributed by atoms with Gasteiger partial charge in [-0.2, -0.15) is 13.1 Å². The lowest BCUT2D eigenvalue weighted by molar-refractivity contribution is 0.202. The van der Waals surface area contributed by atoms with E-state index in [4.69, 9.17) is 0 Å². The lowest BCUT2D eigenvalue weighted by Crippen LogP contribution is -2.43. The van der Waals surface area contributed by atoms with Gasteiger partial charge in [-0.3, -0.25) is 0 Å². The van der Waals surface area contributed by atoms with Crippen LogP contribution in [-0.4, -0.2) is 44.7 Å². The Hall–Kier alpha value is -0.270. The zero-order valence-electron chi connectivity index (χ0n) is 10.9. The van der Waals surface area contributed by atoms with Crippen LogP contribution >= 0.6 is 0 Å². The molecule has 1 N–H and O–H groups in total. The molecule has 0 amide bonds. The fourth-order valence-electron chi connectivity index (χ4n) is 2.06. The molecule has 0 radical (unpaired) electrons. The SMILES string of the molecule is CC(C)CNCC1CCN(S(=O)(=O)C(F)F)CC1. The summed E-state index contributed by atoms with van der Waals surface area (Å²) in [6.07, 6.45) is 1.30. The first kappa shape index (κ1) is 15.8. The van der Waals surface area contributed by atoms with Crippen molar-refractivity contribution in [2.24, 2.45) is 11.8 Å². The average Bonchev–Trinajstić information content (AvgIpc) is 2.29. The van der Waals surface area contributed by atoms with Crippen LogP contribution in [0.25, 0.3) is 0 Å². The van der Waals surface area contributed by atoms with Crippen LogP contribution in [0.3, 0.4) is 0 Å². The highest BCUT2D eigenvalue weighted by atomic mass is 32.2. The van der Waals surface area contributed by atoms with Gasteiger partial charge in [0, 0.05) is 13.1 Å². The normalized spacial score (nSPS) is 19.9. The maximum Gasteiger partial charge on any atom is 0.350 e. The molecule has 0 aromatic heterocycles. The Labute approximate surface area is 108 Å². The number of rotatable bonds is 6. The van der Waals surface area contributed by atoms with E-state index < -0.39 is 15.8 Å². The second kappa shape index (κ2) is 6.77. The van der Waals surface area contributed by atoms with Crippen molar-refractivity contribution in [2.75, 3.05) is 26.2 Å². The van der Waals surface area contributed by atoms with Crippen LogP contribution in [0.15, 0.2) is 0 Å². The highest BCUT2D eigenvalue weighted by Gasteiger charge is 2.34. The predicted molar refractivity (Wildman–Crippen MR) is 66.9 cm³/mol. The molecule has 0 aliphatic carbocycles. The number of nitrogens with zero attached hydrogens (tertiary/aromatic N) is 1. The van der Waals surface area contributed by atoms with Crippen LogP contribution in [-0.2, 0) is 10.0 Å². The quantitative estimate of drug-likeness (QED) is 0.804. The molecule has 0 bridgehead atoms. The third-order valence-electron chi connectivity index (χ3n) is 3.14. The molecule has 0 unspecified atom stereocenters. The summed E-state index contributed by atoms with van der Waals surface area (Å²) in [7, 11) is -4.38. The molecule has 1 fully saturated rings. The number of halogens is 2. The summed E-state index contributed by atoms with van der Waals surface area (Å²) in [5.74, 6) is -2.34. The van der Waals surface area contributed by atoms with Crippen molar-refractivity contribution in [1.82, 2.24) is 9.62 Å². The molecule has 4 nitrogen and oxygen atoms in total. The van der Waals surface area contributed by atoms with Gasteiger partial charge in [-0.15, -0.1) is 0 Å². The molecule has 1 saturated heterocycles. The van der Waals surface area contributed by atoms with Gasteiger partial charge in [0.25, 0.3) is 10.0 Å². The fourth-order valence-corrected chi connectivity index (χ4v) is 3.00. The van der Waals surface area contributed by atoms with Crippen LogP contribution in [0, 0.1) is 11.8 Å². The molecule has 7 heteroatoms. The highest BCUT2D eigenvalue weighted by Crippen LogP contribution is 2.22. The zero-order valence-corrected chi connectivity index (χ0v) is 11.7. The van der Waals surface area contributed by atoms with Gasteiger partial charge >= 0.3 is 5.76 Å². The molecule has 18 heavy (non-hydrogen) atoms. The first-order valence-electron chi connectivity index (χ1n) is 6.32. The summed E-state index contributed by atoms with van der Waals surface area (Å²) in [5.41, 5.74) is 0. The highest BCUT2D eigenvalue weighted by molar-refractivity contribution is 7.89. The summed E-state index contributed by atoms with van der Waals surface area (Å²) in [6, 6.07) is 0. The monoisotopic (exact) mass is 284 g/mol. The lowest BCUT2D eigenvalue weighted by atomic mass is 9.98. The van der Waals surface area contributed by atoms with Crippen LogP contribution < -0.4 is 5.32 Å². The molecule has 0 aromatic rings. The second-order valence-corrected chi connectivity index (χ2v) is 7.10. The van der Waals surface area contributed by atoms with E-state index in [1.165, 1.54) is 0 Å². The molecular weight excluding hydrogens is 262 g/mol. The molecule has 0 aromatic carbocycles. The molecule has 1 aliphatic rings. The molecule has 0 atom stereocenters. The Morgan fingerprint density at radius 2 is 1.83 bits per heavy atom. The third kappa shape index (κ3) is 4.44. The van der Waals surface area contributed by atoms with Crippen molar-refractivity contribution in [1.29, 1.82) is 0 Å². The van der Waals surface area contributed by atoms with E-state index in [1.807, 2.05) is 0 Å². The van der Waals surface area contributed by atoms with Crippen LogP contribution in [0.5, 0.6) is 0 Å². The third-order valence-corrected chi connectivity index (χ3v) is 4.68. The smallest absolute Gasteiger partial charge is 0.316 e. The van der Waals surface area contributed by atoms with Crippen molar-refractivity contribution in [3.05, 3.63) is 0 Å². The van der Waals surface area contributed by atoms with E-state index in [9.17, 15) is 17.2 Å². The Balaban J connectivity index is 2.33. The van der Waals surface area contributed by atoms with Gasteiger partial charge in [0.05, 0.1) is 0 Å². The van der Waals surface area contributed by atoms with Crippen LogP contribution in [0.4, 0.5) is 8.78 Å². The molecule has 1 rings (SSSR count). The second-order valence-electron chi connectivity index (χ2n) is 5.20. The molecule has 1 aliphatic heterocycles. The van der Waals surface area contributed by atoms with Gasteiger partial charge < -0.3 is 5.32 Å². The summed E-state index contributed by atoms with van der Waals surface area (Å²) >= 11 is 0. The van der Waals surface area contributed by atoms with Gasteiger partial charge in [0.15, 0.2) is 0 Å². The van der Waals surface area contributed by atoms with Crippen molar-refractivity contribution < 1.29 is 17.2 Å².